The van der Waals surface area contributed by atoms with Crippen LogP contribution in [0.3, 0.4) is 0 Å². The van der Waals surface area contributed by atoms with Gasteiger partial charge in [0.15, 0.2) is 0 Å². The summed E-state index contributed by atoms with van der Waals surface area (Å²) in [6, 6.07) is 2.99. The number of hydrogen-bond acceptors (Lipinski definition) is 8. The van der Waals surface area contributed by atoms with Crippen LogP contribution in [0.4, 0.5) is 0 Å². The van der Waals surface area contributed by atoms with E-state index in [0.717, 1.165) is 16.5 Å². The Morgan fingerprint density at radius 3 is 2.05 bits per heavy atom. The summed E-state index contributed by atoms with van der Waals surface area (Å²) >= 11 is 2.91. The van der Waals surface area contributed by atoms with Crippen molar-refractivity contribution >= 4 is 64.1 Å². The summed E-state index contributed by atoms with van der Waals surface area (Å²) in [7, 11) is 0. The van der Waals surface area contributed by atoms with E-state index in [1.165, 1.54) is 23.5 Å². The molecule has 4 unspecified atom stereocenters. The second kappa shape index (κ2) is 16.8. The highest BCUT2D eigenvalue weighted by molar-refractivity contribution is 7.98. The van der Waals surface area contributed by atoms with Gasteiger partial charge in [-0.15, -0.1) is 0 Å². The zero-order valence-electron chi connectivity index (χ0n) is 22.5. The highest BCUT2D eigenvalue weighted by atomic mass is 32.2. The molecule has 0 aliphatic heterocycles. The minimum absolute atomic E-state index is 0.0651. The van der Waals surface area contributed by atoms with E-state index in [1.54, 1.807) is 6.20 Å². The van der Waals surface area contributed by atoms with Crippen LogP contribution >= 0.6 is 23.5 Å². The van der Waals surface area contributed by atoms with Gasteiger partial charge in [0.05, 0.1) is 6.04 Å². The van der Waals surface area contributed by atoms with Crippen LogP contribution in [-0.2, 0) is 30.4 Å². The van der Waals surface area contributed by atoms with Crippen molar-refractivity contribution in [2.24, 2.45) is 5.73 Å². The third kappa shape index (κ3) is 10.4. The van der Waals surface area contributed by atoms with E-state index in [1.807, 2.05) is 36.8 Å². The molecule has 0 saturated heterocycles. The van der Waals surface area contributed by atoms with Crippen molar-refractivity contribution in [1.82, 2.24) is 20.9 Å². The second-order valence-corrected chi connectivity index (χ2v) is 11.2. The second-order valence-electron chi connectivity index (χ2n) is 9.19. The minimum atomic E-state index is -1.17. The molecule has 12 nitrogen and oxygen atoms in total. The molecule has 14 heteroatoms. The number of thioether (sulfide) groups is 2. The van der Waals surface area contributed by atoms with Gasteiger partial charge in [0.1, 0.15) is 18.1 Å². The minimum Gasteiger partial charge on any atom is -0.481 e. The van der Waals surface area contributed by atoms with Gasteiger partial charge in [0.25, 0.3) is 0 Å². The molecule has 0 saturated carbocycles. The lowest BCUT2D eigenvalue weighted by molar-refractivity contribution is -0.142. The molecule has 0 aliphatic carbocycles. The van der Waals surface area contributed by atoms with Gasteiger partial charge in [-0.25, -0.2) is 4.79 Å². The largest absolute Gasteiger partial charge is 0.481 e. The van der Waals surface area contributed by atoms with Crippen LogP contribution < -0.4 is 21.7 Å². The fourth-order valence-corrected chi connectivity index (χ4v) is 4.90. The number of carboxylic acids is 2. The predicted molar refractivity (Wildman–Crippen MR) is 156 cm³/mol. The van der Waals surface area contributed by atoms with E-state index in [4.69, 9.17) is 10.8 Å². The molecule has 2 rings (SSSR count). The first-order valence-corrected chi connectivity index (χ1v) is 15.5. The summed E-state index contributed by atoms with van der Waals surface area (Å²) < 4.78 is 0. The topological polar surface area (TPSA) is 204 Å². The first-order valence-electron chi connectivity index (χ1n) is 12.7. The van der Waals surface area contributed by atoms with E-state index in [-0.39, 0.29) is 32.1 Å². The molecule has 3 amide bonds. The van der Waals surface area contributed by atoms with Crippen LogP contribution in [0.1, 0.15) is 31.2 Å². The van der Waals surface area contributed by atoms with Crippen molar-refractivity contribution in [2.45, 2.75) is 56.3 Å². The summed E-state index contributed by atoms with van der Waals surface area (Å²) in [6.07, 6.45) is 5.49. The number of carbonyl (C=O) groups excluding carboxylic acids is 3. The zero-order valence-corrected chi connectivity index (χ0v) is 24.1. The summed E-state index contributed by atoms with van der Waals surface area (Å²) in [5.74, 6) is -3.21. The predicted octanol–water partition coefficient (Wildman–Crippen LogP) is 0.948. The van der Waals surface area contributed by atoms with Crippen molar-refractivity contribution in [3.63, 3.8) is 0 Å². The summed E-state index contributed by atoms with van der Waals surface area (Å²) in [5, 5.41) is 27.1. The van der Waals surface area contributed by atoms with Crippen molar-refractivity contribution in [2.75, 3.05) is 24.0 Å². The molecule has 220 valence electrons. The van der Waals surface area contributed by atoms with Crippen molar-refractivity contribution in [3.8, 4) is 0 Å². The lowest BCUT2D eigenvalue weighted by atomic mass is 10.0. The number of aromatic nitrogens is 1. The molecule has 0 spiro atoms. The lowest BCUT2D eigenvalue weighted by Crippen LogP contribution is -2.57. The number of rotatable bonds is 18. The number of aromatic amines is 1. The number of hydrogen-bond donors (Lipinski definition) is 7. The molecule has 0 bridgehead atoms. The number of aliphatic carboxylic acids is 2. The maximum absolute atomic E-state index is 13.5. The van der Waals surface area contributed by atoms with Crippen LogP contribution in [0.5, 0.6) is 0 Å². The van der Waals surface area contributed by atoms with Crippen LogP contribution in [-0.4, -0.2) is 93.0 Å². The van der Waals surface area contributed by atoms with Gasteiger partial charge in [-0.3, -0.25) is 19.2 Å². The Morgan fingerprint density at radius 2 is 1.43 bits per heavy atom. The summed E-state index contributed by atoms with van der Waals surface area (Å²) in [6.45, 7) is 0. The maximum Gasteiger partial charge on any atom is 0.326 e. The average molecular weight is 596 g/mol. The quantitative estimate of drug-likeness (QED) is 0.130. The maximum atomic E-state index is 13.5. The molecule has 8 N–H and O–H groups in total. The average Bonchev–Trinajstić information content (AvgIpc) is 3.33. The number of H-pyrrole nitrogens is 1. The first-order chi connectivity index (χ1) is 19.1. The van der Waals surface area contributed by atoms with E-state index >= 15 is 0 Å². The number of fused-ring (bicyclic) bond motifs is 1. The number of carbonyl (C=O) groups is 5. The Balaban J connectivity index is 2.27. The lowest BCUT2D eigenvalue weighted by Gasteiger charge is -2.25. The molecule has 1 aromatic heterocycles. The summed E-state index contributed by atoms with van der Waals surface area (Å²) in [4.78, 5) is 65.1. The van der Waals surface area contributed by atoms with Crippen LogP contribution in [0, 0.1) is 0 Å². The smallest absolute Gasteiger partial charge is 0.326 e. The molecule has 0 aliphatic rings. The number of benzene rings is 1. The molecular formula is C26H37N5O7S2. The normalized spacial score (nSPS) is 14.1. The highest BCUT2D eigenvalue weighted by Gasteiger charge is 2.30. The summed E-state index contributed by atoms with van der Waals surface area (Å²) in [5.41, 5.74) is 7.45. The Morgan fingerprint density at radius 1 is 0.850 bits per heavy atom. The molecular weight excluding hydrogens is 558 g/mol. The van der Waals surface area contributed by atoms with E-state index in [0.29, 0.717) is 11.5 Å². The first kappa shape index (κ1) is 33.0. The third-order valence-electron chi connectivity index (χ3n) is 6.21. The Hall–Kier alpha value is -3.23. The fourth-order valence-electron chi connectivity index (χ4n) is 3.96. The van der Waals surface area contributed by atoms with E-state index in [2.05, 4.69) is 20.9 Å². The Labute approximate surface area is 241 Å². The van der Waals surface area contributed by atoms with Gasteiger partial charge >= 0.3 is 11.9 Å². The van der Waals surface area contributed by atoms with E-state index < -0.39 is 53.8 Å². The van der Waals surface area contributed by atoms with E-state index in [9.17, 15) is 29.1 Å². The Kier molecular flexibility index (Phi) is 13.8. The van der Waals surface area contributed by atoms with Crippen molar-refractivity contribution in [3.05, 3.63) is 36.0 Å². The Bertz CT molecular complexity index is 1180. The number of carboxylic acid groups (broad SMARTS) is 2. The molecule has 0 radical (unpaired) electrons. The van der Waals surface area contributed by atoms with Crippen molar-refractivity contribution < 1.29 is 34.2 Å². The number of amides is 3. The molecule has 40 heavy (non-hydrogen) atoms. The molecule has 0 fully saturated rings. The third-order valence-corrected chi connectivity index (χ3v) is 7.49. The molecule has 1 aromatic carbocycles. The number of nitrogens with one attached hydrogen (secondary N) is 4. The fraction of sp³-hybridized carbons (Fsp3) is 0.500. The molecule has 4 atom stereocenters. The van der Waals surface area contributed by atoms with Gasteiger partial charge in [-0.1, -0.05) is 18.2 Å². The van der Waals surface area contributed by atoms with Gasteiger partial charge < -0.3 is 36.9 Å². The van der Waals surface area contributed by atoms with Gasteiger partial charge in [0.2, 0.25) is 17.7 Å². The van der Waals surface area contributed by atoms with Crippen LogP contribution in [0.15, 0.2) is 30.5 Å². The number of nitrogens with two attached hydrogens (primary N) is 1. The number of para-hydroxylation sites is 1. The molecule has 2 aromatic rings. The highest BCUT2D eigenvalue weighted by Crippen LogP contribution is 2.19. The zero-order chi connectivity index (χ0) is 29.7. The van der Waals surface area contributed by atoms with Crippen LogP contribution in [0.25, 0.3) is 10.9 Å². The standard InChI is InChI=1S/C26H37N5O7S2/c1-39-11-9-19(24(35)30-20(26(37)38)10-12-40-2)29-25(36)21(31-23(34)17(27)7-8-22(32)33)13-15-14-28-18-6-4-3-5-16(15)18/h3-6,14,17,19-21,28H,7-13,27H2,1-2H3,(H,29,36)(H,30,35)(H,31,34)(H,32,33)(H,37,38). The monoisotopic (exact) mass is 595 g/mol. The van der Waals surface area contributed by atoms with Gasteiger partial charge in [-0.05, 0) is 54.9 Å². The van der Waals surface area contributed by atoms with Gasteiger partial charge in [-0.2, -0.15) is 23.5 Å². The van der Waals surface area contributed by atoms with Crippen molar-refractivity contribution in [1.29, 1.82) is 0 Å². The SMILES string of the molecule is CSCCC(NC(=O)C(CCSC)NC(=O)C(Cc1c[nH]c2ccccc12)NC(=O)C(N)CCC(=O)O)C(=O)O. The molecule has 1 heterocycles. The van der Waals surface area contributed by atoms with Gasteiger partial charge in [0, 0.05) is 29.9 Å². The van der Waals surface area contributed by atoms with Crippen LogP contribution in [0.2, 0.25) is 0 Å².